The number of nitrogens with zero attached hydrogens (tertiary/aromatic N) is 1. The lowest BCUT2D eigenvalue weighted by atomic mass is 10.2. The fourth-order valence-corrected chi connectivity index (χ4v) is 2.39. The summed E-state index contributed by atoms with van der Waals surface area (Å²) in [5.41, 5.74) is 0.879. The first-order chi connectivity index (χ1) is 7.80. The van der Waals surface area contributed by atoms with Crippen molar-refractivity contribution in [1.82, 2.24) is 4.37 Å². The van der Waals surface area contributed by atoms with Gasteiger partial charge in [0.25, 0.3) is 0 Å². The molecule has 0 saturated heterocycles. The number of fused-ring (bicyclic) bond motifs is 1. The van der Waals surface area contributed by atoms with Crippen LogP contribution in [0.4, 0.5) is 5.00 Å². The van der Waals surface area contributed by atoms with E-state index >= 15 is 0 Å². The molecule has 0 aliphatic carbocycles. The van der Waals surface area contributed by atoms with Crippen molar-refractivity contribution < 1.29 is 9.47 Å². The molecule has 0 saturated carbocycles. The van der Waals surface area contributed by atoms with Crippen molar-refractivity contribution in [1.29, 1.82) is 0 Å². The number of nitrogens with one attached hydrogen (secondary N) is 1. The van der Waals surface area contributed by atoms with Crippen LogP contribution in [-0.2, 0) is 0 Å². The van der Waals surface area contributed by atoms with Gasteiger partial charge in [-0.3, -0.25) is 0 Å². The van der Waals surface area contributed by atoms with E-state index in [0.717, 1.165) is 33.9 Å². The van der Waals surface area contributed by atoms with Crippen molar-refractivity contribution in [2.24, 2.45) is 0 Å². The molecule has 0 bridgehead atoms. The maximum Gasteiger partial charge on any atom is 0.149 e. The van der Waals surface area contributed by atoms with Crippen molar-refractivity contribution in [2.75, 3.05) is 26.1 Å². The summed E-state index contributed by atoms with van der Waals surface area (Å²) < 4.78 is 14.9. The Balaban J connectivity index is 2.62. The monoisotopic (exact) mass is 238 g/mol. The van der Waals surface area contributed by atoms with Gasteiger partial charge in [-0.05, 0) is 24.5 Å². The predicted octanol–water partition coefficient (Wildman–Crippen LogP) is 2.75. The number of benzene rings is 1. The number of ether oxygens (including phenoxy) is 2. The molecule has 0 radical (unpaired) electrons. The third kappa shape index (κ3) is 1.78. The van der Waals surface area contributed by atoms with Gasteiger partial charge in [-0.1, -0.05) is 0 Å². The number of anilines is 1. The van der Waals surface area contributed by atoms with Gasteiger partial charge in [-0.2, -0.15) is 4.37 Å². The van der Waals surface area contributed by atoms with Crippen LogP contribution in [0.3, 0.4) is 0 Å². The van der Waals surface area contributed by atoms with Crippen LogP contribution in [0.2, 0.25) is 0 Å². The first-order valence-corrected chi connectivity index (χ1v) is 5.82. The minimum Gasteiger partial charge on any atom is -0.497 e. The molecule has 4 nitrogen and oxygen atoms in total. The maximum absolute atomic E-state index is 5.30. The van der Waals surface area contributed by atoms with Gasteiger partial charge in [0, 0.05) is 18.0 Å². The summed E-state index contributed by atoms with van der Waals surface area (Å²) in [5, 5.41) is 5.37. The smallest absolute Gasteiger partial charge is 0.149 e. The lowest BCUT2D eigenvalue weighted by Crippen LogP contribution is -1.94. The molecular formula is C11H14N2O2S. The average molecular weight is 238 g/mol. The van der Waals surface area contributed by atoms with Gasteiger partial charge >= 0.3 is 0 Å². The van der Waals surface area contributed by atoms with Crippen LogP contribution in [0, 0.1) is 0 Å². The number of hydrogen-bond donors (Lipinski definition) is 1. The Kier molecular flexibility index (Phi) is 3.14. The summed E-state index contributed by atoms with van der Waals surface area (Å²) in [7, 11) is 3.29. The van der Waals surface area contributed by atoms with Crippen molar-refractivity contribution in [3.05, 3.63) is 12.1 Å². The fourth-order valence-electron chi connectivity index (χ4n) is 1.55. The zero-order valence-electron chi connectivity index (χ0n) is 9.53. The van der Waals surface area contributed by atoms with Gasteiger partial charge in [-0.25, -0.2) is 0 Å². The summed E-state index contributed by atoms with van der Waals surface area (Å²) in [6.07, 6.45) is 0. The van der Waals surface area contributed by atoms with Crippen LogP contribution in [0.1, 0.15) is 6.92 Å². The Morgan fingerprint density at radius 3 is 2.75 bits per heavy atom. The molecule has 1 aromatic carbocycles. The first kappa shape index (κ1) is 11.0. The molecule has 0 fully saturated rings. The summed E-state index contributed by atoms with van der Waals surface area (Å²) in [6.45, 7) is 2.93. The minimum absolute atomic E-state index is 0.745. The lowest BCUT2D eigenvalue weighted by molar-refractivity contribution is 0.397. The molecule has 0 unspecified atom stereocenters. The van der Waals surface area contributed by atoms with Gasteiger partial charge in [0.2, 0.25) is 0 Å². The summed E-state index contributed by atoms with van der Waals surface area (Å²) in [4.78, 5) is 0. The Morgan fingerprint density at radius 2 is 2.12 bits per heavy atom. The van der Waals surface area contributed by atoms with Crippen LogP contribution in [0.5, 0.6) is 11.5 Å². The molecule has 0 amide bonds. The van der Waals surface area contributed by atoms with Crippen LogP contribution in [0.15, 0.2) is 12.1 Å². The molecule has 5 heteroatoms. The van der Waals surface area contributed by atoms with Crippen molar-refractivity contribution in [3.8, 4) is 11.5 Å². The second-order valence-electron chi connectivity index (χ2n) is 3.27. The van der Waals surface area contributed by atoms with E-state index in [9.17, 15) is 0 Å². The van der Waals surface area contributed by atoms with E-state index in [2.05, 4.69) is 16.6 Å². The Labute approximate surface area is 98.4 Å². The normalized spacial score (nSPS) is 10.4. The van der Waals surface area contributed by atoms with E-state index in [-0.39, 0.29) is 0 Å². The van der Waals surface area contributed by atoms with Gasteiger partial charge in [0.15, 0.2) is 0 Å². The largest absolute Gasteiger partial charge is 0.497 e. The van der Waals surface area contributed by atoms with Crippen LogP contribution < -0.4 is 14.8 Å². The van der Waals surface area contributed by atoms with E-state index in [1.807, 2.05) is 12.1 Å². The molecule has 1 N–H and O–H groups in total. The molecule has 1 aromatic heterocycles. The van der Waals surface area contributed by atoms with Gasteiger partial charge in [-0.15, -0.1) is 0 Å². The van der Waals surface area contributed by atoms with E-state index in [1.54, 1.807) is 14.2 Å². The van der Waals surface area contributed by atoms with E-state index in [0.29, 0.717) is 0 Å². The van der Waals surface area contributed by atoms with Gasteiger partial charge in [0.1, 0.15) is 22.0 Å². The minimum atomic E-state index is 0.745. The molecule has 86 valence electrons. The molecule has 0 atom stereocenters. The highest BCUT2D eigenvalue weighted by Crippen LogP contribution is 2.37. The topological polar surface area (TPSA) is 43.4 Å². The zero-order chi connectivity index (χ0) is 11.5. The van der Waals surface area contributed by atoms with Crippen LogP contribution >= 0.6 is 11.5 Å². The predicted molar refractivity (Wildman–Crippen MR) is 66.9 cm³/mol. The third-order valence-corrected chi connectivity index (χ3v) is 3.13. The standard InChI is InChI=1S/C11H14N2O2S/c1-4-12-11-8-5-7(14-2)6-9(15-3)10(8)13-16-11/h5-6,12H,4H2,1-3H3. The third-order valence-electron chi connectivity index (χ3n) is 2.31. The Bertz CT molecular complexity index is 496. The van der Waals surface area contributed by atoms with Crippen LogP contribution in [0.25, 0.3) is 10.9 Å². The van der Waals surface area contributed by atoms with Crippen molar-refractivity contribution in [3.63, 3.8) is 0 Å². The summed E-state index contributed by atoms with van der Waals surface area (Å²) in [5.74, 6) is 1.53. The zero-order valence-corrected chi connectivity index (χ0v) is 10.4. The van der Waals surface area contributed by atoms with E-state index in [1.165, 1.54) is 11.5 Å². The number of hydrogen-bond acceptors (Lipinski definition) is 5. The quantitative estimate of drug-likeness (QED) is 0.889. The van der Waals surface area contributed by atoms with Gasteiger partial charge in [0.05, 0.1) is 14.2 Å². The lowest BCUT2D eigenvalue weighted by Gasteiger charge is -2.05. The molecule has 0 spiro atoms. The molecule has 0 aliphatic heterocycles. The van der Waals surface area contributed by atoms with E-state index in [4.69, 9.17) is 9.47 Å². The fraction of sp³-hybridized carbons (Fsp3) is 0.364. The van der Waals surface area contributed by atoms with Crippen molar-refractivity contribution in [2.45, 2.75) is 6.92 Å². The van der Waals surface area contributed by atoms with Gasteiger partial charge < -0.3 is 14.8 Å². The number of methoxy groups -OCH3 is 2. The molecule has 2 rings (SSSR count). The second kappa shape index (κ2) is 4.57. The SMILES string of the molecule is CCNc1snc2c(OC)cc(OC)cc12. The molecule has 0 aliphatic rings. The summed E-state index contributed by atoms with van der Waals surface area (Å²) in [6, 6.07) is 3.82. The average Bonchev–Trinajstić information content (AvgIpc) is 2.72. The van der Waals surface area contributed by atoms with Crippen LogP contribution in [-0.4, -0.2) is 25.1 Å². The Hall–Kier alpha value is -1.49. The highest BCUT2D eigenvalue weighted by Gasteiger charge is 2.12. The number of aromatic nitrogens is 1. The molecule has 1 heterocycles. The maximum atomic E-state index is 5.30. The molecule has 16 heavy (non-hydrogen) atoms. The number of rotatable bonds is 4. The summed E-state index contributed by atoms with van der Waals surface area (Å²) >= 11 is 1.44. The molecule has 2 aromatic rings. The Morgan fingerprint density at radius 1 is 1.31 bits per heavy atom. The first-order valence-electron chi connectivity index (χ1n) is 5.05. The molecular weight excluding hydrogens is 224 g/mol. The van der Waals surface area contributed by atoms with Crippen molar-refractivity contribution >= 4 is 27.4 Å². The highest BCUT2D eigenvalue weighted by molar-refractivity contribution is 7.11. The van der Waals surface area contributed by atoms with E-state index < -0.39 is 0 Å². The highest BCUT2D eigenvalue weighted by atomic mass is 32.1. The second-order valence-corrected chi connectivity index (χ2v) is 4.04.